The van der Waals surface area contributed by atoms with Gasteiger partial charge >= 0.3 is 6.18 Å². The van der Waals surface area contributed by atoms with Gasteiger partial charge in [0, 0.05) is 17.0 Å². The van der Waals surface area contributed by atoms with E-state index in [9.17, 15) is 35.6 Å². The van der Waals surface area contributed by atoms with Crippen molar-refractivity contribution in [2.45, 2.75) is 32.5 Å². The molecule has 7 nitrogen and oxygen atoms in total. The Morgan fingerprint density at radius 1 is 1.14 bits per heavy atom. The molecule has 188 valence electrons. The number of alkyl halides is 3. The van der Waals surface area contributed by atoms with Crippen molar-refractivity contribution in [3.05, 3.63) is 75.5 Å². The number of aryl methyl sites for hydroxylation is 1. The Kier molecular flexibility index (Phi) is 7.37. The Bertz CT molecular complexity index is 1450. The molecule has 1 heterocycles. The van der Waals surface area contributed by atoms with Crippen LogP contribution in [0.1, 0.15) is 29.7 Å². The number of nitrogens with zero attached hydrogens (tertiary/aromatic N) is 1. The maximum absolute atomic E-state index is 13.8. The largest absolute Gasteiger partial charge is 0.419 e. The minimum Gasteiger partial charge on any atom is -0.325 e. The second-order valence-corrected chi connectivity index (χ2v) is 9.77. The number of halogens is 4. The van der Waals surface area contributed by atoms with Gasteiger partial charge in [0.2, 0.25) is 5.91 Å². The van der Waals surface area contributed by atoms with Crippen LogP contribution in [0.5, 0.6) is 0 Å². The highest BCUT2D eigenvalue weighted by Crippen LogP contribution is 2.32. The summed E-state index contributed by atoms with van der Waals surface area (Å²) in [4.78, 5) is 25.6. The maximum Gasteiger partial charge on any atom is 0.419 e. The number of carbonyl (C=O) groups excluding carboxylic acids is 1. The molecule has 0 saturated carbocycles. The van der Waals surface area contributed by atoms with Crippen LogP contribution in [-0.4, -0.2) is 31.8 Å². The zero-order chi connectivity index (χ0) is 26.1. The van der Waals surface area contributed by atoms with Gasteiger partial charge in [-0.25, -0.2) is 4.39 Å². The van der Waals surface area contributed by atoms with Crippen molar-refractivity contribution in [2.24, 2.45) is 0 Å². The van der Waals surface area contributed by atoms with Gasteiger partial charge < -0.3 is 9.88 Å². The number of hydrogen-bond donors (Lipinski definition) is 1. The SMILES string of the molecule is Cc1ccc2c(=O)n([C@H](C)COS(C)(=O)=O)ccc2c1NC(=O)Cc1ccc(C(F)(F)F)c(F)c1. The van der Waals surface area contributed by atoms with E-state index in [-0.39, 0.29) is 24.0 Å². The highest BCUT2D eigenvalue weighted by Gasteiger charge is 2.34. The lowest BCUT2D eigenvalue weighted by atomic mass is 10.0. The third-order valence-electron chi connectivity index (χ3n) is 5.29. The second-order valence-electron chi connectivity index (χ2n) is 8.12. The molecule has 1 aromatic heterocycles. The number of pyridine rings is 1. The summed E-state index contributed by atoms with van der Waals surface area (Å²) in [5.74, 6) is -2.09. The number of nitrogens with one attached hydrogen (secondary N) is 1. The van der Waals surface area contributed by atoms with Gasteiger partial charge in [0.25, 0.3) is 15.7 Å². The minimum atomic E-state index is -4.84. The average molecular weight is 514 g/mol. The van der Waals surface area contributed by atoms with Gasteiger partial charge in [0.15, 0.2) is 0 Å². The third kappa shape index (κ3) is 6.25. The molecule has 1 amide bonds. The number of aromatic nitrogens is 1. The highest BCUT2D eigenvalue weighted by atomic mass is 32.2. The van der Waals surface area contributed by atoms with Gasteiger partial charge in [0.1, 0.15) is 5.82 Å². The topological polar surface area (TPSA) is 94.5 Å². The van der Waals surface area contributed by atoms with Gasteiger partial charge in [-0.3, -0.25) is 13.8 Å². The normalized spacial score (nSPS) is 13.1. The van der Waals surface area contributed by atoms with E-state index in [0.717, 1.165) is 12.3 Å². The quantitative estimate of drug-likeness (QED) is 0.377. The molecule has 1 N–H and O–H groups in total. The molecule has 0 radical (unpaired) electrons. The fourth-order valence-electron chi connectivity index (χ4n) is 3.53. The summed E-state index contributed by atoms with van der Waals surface area (Å²) in [6, 6.07) is 6.42. The van der Waals surface area contributed by atoms with Crippen LogP contribution in [0.3, 0.4) is 0 Å². The molecule has 3 aromatic rings. The molecule has 0 aliphatic heterocycles. The molecule has 3 rings (SSSR count). The molecular formula is C23H22F4N2O5S. The van der Waals surface area contributed by atoms with Gasteiger partial charge in [-0.2, -0.15) is 21.6 Å². The van der Waals surface area contributed by atoms with Gasteiger partial charge in [-0.1, -0.05) is 12.1 Å². The minimum absolute atomic E-state index is 0.0490. The first-order chi connectivity index (χ1) is 16.2. The molecule has 0 unspecified atom stereocenters. The predicted octanol–water partition coefficient (Wildman–Crippen LogP) is 4.19. The van der Waals surface area contributed by atoms with E-state index in [4.69, 9.17) is 4.18 Å². The van der Waals surface area contributed by atoms with E-state index in [2.05, 4.69) is 5.32 Å². The van der Waals surface area contributed by atoms with Gasteiger partial charge in [0.05, 0.1) is 36.6 Å². The van der Waals surface area contributed by atoms with Crippen molar-refractivity contribution in [2.75, 3.05) is 18.2 Å². The van der Waals surface area contributed by atoms with E-state index in [1.807, 2.05) is 0 Å². The van der Waals surface area contributed by atoms with Crippen molar-refractivity contribution in [1.82, 2.24) is 4.57 Å². The Balaban J connectivity index is 1.87. The summed E-state index contributed by atoms with van der Waals surface area (Å²) in [5.41, 5.74) is -0.862. The average Bonchev–Trinajstić information content (AvgIpc) is 2.73. The number of amides is 1. The lowest BCUT2D eigenvalue weighted by Crippen LogP contribution is -2.26. The lowest BCUT2D eigenvalue weighted by Gasteiger charge is -2.17. The number of rotatable bonds is 7. The van der Waals surface area contributed by atoms with Crippen LogP contribution < -0.4 is 10.9 Å². The monoisotopic (exact) mass is 514 g/mol. The Labute approximate surface area is 198 Å². The molecular weight excluding hydrogens is 492 g/mol. The summed E-state index contributed by atoms with van der Waals surface area (Å²) >= 11 is 0. The van der Waals surface area contributed by atoms with Crippen LogP contribution >= 0.6 is 0 Å². The zero-order valence-corrected chi connectivity index (χ0v) is 19.8. The molecule has 12 heteroatoms. The second kappa shape index (κ2) is 9.78. The first-order valence-corrected chi connectivity index (χ1v) is 12.1. The summed E-state index contributed by atoms with van der Waals surface area (Å²) in [6.07, 6.45) is -2.88. The summed E-state index contributed by atoms with van der Waals surface area (Å²) in [6.45, 7) is 3.06. The number of fused-ring (bicyclic) bond motifs is 1. The maximum atomic E-state index is 13.8. The zero-order valence-electron chi connectivity index (χ0n) is 18.9. The van der Waals surface area contributed by atoms with Crippen LogP contribution in [0.4, 0.5) is 23.2 Å². The molecule has 2 aromatic carbocycles. The molecule has 0 aliphatic rings. The molecule has 0 saturated heterocycles. The van der Waals surface area contributed by atoms with E-state index in [1.54, 1.807) is 32.0 Å². The summed E-state index contributed by atoms with van der Waals surface area (Å²) in [5, 5.41) is 3.31. The molecule has 0 aliphatic carbocycles. The van der Waals surface area contributed by atoms with Crippen LogP contribution in [0.25, 0.3) is 10.8 Å². The van der Waals surface area contributed by atoms with Crippen molar-refractivity contribution in [3.63, 3.8) is 0 Å². The van der Waals surface area contributed by atoms with E-state index in [1.165, 1.54) is 10.8 Å². The van der Waals surface area contributed by atoms with Crippen LogP contribution in [0.15, 0.2) is 47.4 Å². The number of hydrogen-bond acceptors (Lipinski definition) is 5. The van der Waals surface area contributed by atoms with Crippen LogP contribution in [0.2, 0.25) is 0 Å². The standard InChI is InChI=1S/C23H22F4N2O5S/c1-13-4-6-17-16(8-9-29(22(17)31)14(2)12-34-35(3,32)33)21(13)28-20(30)11-15-5-7-18(19(24)10-15)23(25,26)27/h4-10,14H,11-12H2,1-3H3,(H,28,30)/t14-/m1/s1. The van der Waals surface area contributed by atoms with Gasteiger partial charge in [-0.05, 0) is 49.2 Å². The third-order valence-corrected chi connectivity index (χ3v) is 5.85. The predicted molar refractivity (Wildman–Crippen MR) is 122 cm³/mol. The first kappa shape index (κ1) is 26.4. The smallest absolute Gasteiger partial charge is 0.325 e. The summed E-state index contributed by atoms with van der Waals surface area (Å²) in [7, 11) is -3.69. The Hall–Kier alpha value is -3.25. The van der Waals surface area contributed by atoms with Crippen LogP contribution in [0, 0.1) is 12.7 Å². The fraction of sp³-hybridized carbons (Fsp3) is 0.304. The molecule has 0 fully saturated rings. The van der Waals surface area contributed by atoms with Crippen molar-refractivity contribution >= 4 is 32.5 Å². The van der Waals surface area contributed by atoms with Crippen molar-refractivity contribution in [1.29, 1.82) is 0 Å². The molecule has 0 spiro atoms. The van der Waals surface area contributed by atoms with Gasteiger partial charge in [-0.15, -0.1) is 0 Å². The molecule has 0 bridgehead atoms. The summed E-state index contributed by atoms with van der Waals surface area (Å²) < 4.78 is 80.6. The Morgan fingerprint density at radius 3 is 2.43 bits per heavy atom. The molecule has 35 heavy (non-hydrogen) atoms. The van der Waals surface area contributed by atoms with E-state index < -0.39 is 45.2 Å². The molecule has 1 atom stereocenters. The van der Waals surface area contributed by atoms with E-state index >= 15 is 0 Å². The number of anilines is 1. The van der Waals surface area contributed by atoms with Crippen molar-refractivity contribution in [3.8, 4) is 0 Å². The number of benzene rings is 2. The first-order valence-electron chi connectivity index (χ1n) is 10.3. The number of carbonyl (C=O) groups is 1. The lowest BCUT2D eigenvalue weighted by molar-refractivity contribution is -0.140. The van der Waals surface area contributed by atoms with Crippen LogP contribution in [-0.2, 0) is 31.7 Å². The fourth-order valence-corrected chi connectivity index (χ4v) is 3.98. The van der Waals surface area contributed by atoms with E-state index in [0.29, 0.717) is 28.8 Å². The highest BCUT2D eigenvalue weighted by molar-refractivity contribution is 7.85. The van der Waals surface area contributed by atoms with Crippen molar-refractivity contribution < 1.29 is 35.0 Å². The Morgan fingerprint density at radius 2 is 1.83 bits per heavy atom.